The molecule has 3 aliphatic heterocycles. The average Bonchev–Trinajstić information content (AvgIpc) is 3.49. The summed E-state index contributed by atoms with van der Waals surface area (Å²) in [5, 5.41) is 18.9. The van der Waals surface area contributed by atoms with Crippen LogP contribution in [0, 0.1) is 0 Å². The lowest BCUT2D eigenvalue weighted by Crippen LogP contribution is -2.60. The van der Waals surface area contributed by atoms with E-state index in [2.05, 4.69) is 41.3 Å². The van der Waals surface area contributed by atoms with Gasteiger partial charge in [0.15, 0.2) is 5.82 Å². The number of rotatable bonds is 8. The zero-order valence-electron chi connectivity index (χ0n) is 27.5. The molecule has 0 unspecified atom stereocenters. The van der Waals surface area contributed by atoms with Gasteiger partial charge in [0, 0.05) is 62.4 Å². The summed E-state index contributed by atoms with van der Waals surface area (Å²) >= 11 is 0. The first kappa shape index (κ1) is 31.2. The number of aliphatic hydroxyl groups excluding tert-OH is 1. The molecule has 0 amide bonds. The Morgan fingerprint density at radius 1 is 1.06 bits per heavy atom. The van der Waals surface area contributed by atoms with Crippen molar-refractivity contribution in [3.8, 4) is 16.9 Å². The van der Waals surface area contributed by atoms with E-state index in [1.54, 1.807) is 37.8 Å². The Kier molecular flexibility index (Phi) is 8.10. The van der Waals surface area contributed by atoms with E-state index >= 15 is 0 Å². The van der Waals surface area contributed by atoms with E-state index in [9.17, 15) is 14.7 Å². The molecule has 5 aromatic heterocycles. The van der Waals surface area contributed by atoms with E-state index in [1.807, 2.05) is 30.5 Å². The first-order chi connectivity index (χ1) is 23.9. The van der Waals surface area contributed by atoms with Crippen LogP contribution >= 0.6 is 0 Å². The Balaban J connectivity index is 1.08. The number of hydrogen-bond acceptors (Lipinski definition) is 10. The van der Waals surface area contributed by atoms with Crippen molar-refractivity contribution >= 4 is 28.1 Å². The van der Waals surface area contributed by atoms with Crippen LogP contribution in [0.5, 0.6) is 0 Å². The van der Waals surface area contributed by atoms with Gasteiger partial charge in [-0.3, -0.25) is 14.5 Å². The van der Waals surface area contributed by atoms with Gasteiger partial charge in [-0.25, -0.2) is 9.97 Å². The topological polar surface area (TPSA) is 136 Å². The molecule has 8 heterocycles. The normalized spacial score (nSPS) is 18.3. The standard InChI is InChI=1S/C36H39N9O4/c1-3-24-19-42(27-21-49-22-27)12-13-43(24)26-7-8-33(38-16-26)40-31-14-23(18-41(2)36(31)48)28-9-10-37-34(30(28)20-46)45-35(47)29-15-25-6-4-5-11-44(25)32(29)17-39-45/h3,7-10,14-18,24,27,46H,1,4-6,11-13,19-22H2,2H3,(H,38,40)/t24-/m0/s1. The molecule has 49 heavy (non-hydrogen) atoms. The highest BCUT2D eigenvalue weighted by Crippen LogP contribution is 2.30. The van der Waals surface area contributed by atoms with Crippen molar-refractivity contribution in [1.29, 1.82) is 0 Å². The number of hydrogen-bond donors (Lipinski definition) is 2. The summed E-state index contributed by atoms with van der Waals surface area (Å²) in [6, 6.07) is 9.96. The van der Waals surface area contributed by atoms with Crippen molar-refractivity contribution in [2.24, 2.45) is 7.05 Å². The van der Waals surface area contributed by atoms with Crippen LogP contribution in [0.15, 0.2) is 77.4 Å². The molecule has 0 radical (unpaired) electrons. The van der Waals surface area contributed by atoms with E-state index in [-0.39, 0.29) is 29.6 Å². The number of aromatic nitrogens is 6. The third kappa shape index (κ3) is 5.53. The summed E-state index contributed by atoms with van der Waals surface area (Å²) < 4.78 is 10.3. The first-order valence-corrected chi connectivity index (χ1v) is 16.8. The van der Waals surface area contributed by atoms with Gasteiger partial charge in [0.05, 0.1) is 60.9 Å². The Morgan fingerprint density at radius 2 is 1.94 bits per heavy atom. The number of anilines is 3. The fourth-order valence-electron chi connectivity index (χ4n) is 7.33. The van der Waals surface area contributed by atoms with Crippen LogP contribution in [-0.2, 0) is 31.4 Å². The van der Waals surface area contributed by atoms with Crippen molar-refractivity contribution in [3.63, 3.8) is 0 Å². The molecule has 13 nitrogen and oxygen atoms in total. The molecule has 2 saturated heterocycles. The predicted octanol–water partition coefficient (Wildman–Crippen LogP) is 2.99. The van der Waals surface area contributed by atoms with Crippen molar-refractivity contribution in [2.45, 2.75) is 44.5 Å². The third-order valence-electron chi connectivity index (χ3n) is 10.1. The lowest BCUT2D eigenvalue weighted by molar-refractivity contribution is -0.0682. The predicted molar refractivity (Wildman–Crippen MR) is 188 cm³/mol. The van der Waals surface area contributed by atoms with Crippen molar-refractivity contribution < 1.29 is 9.84 Å². The van der Waals surface area contributed by atoms with Gasteiger partial charge in [-0.2, -0.15) is 9.78 Å². The number of aryl methyl sites for hydroxylation is 3. The number of piperazine rings is 1. The van der Waals surface area contributed by atoms with Gasteiger partial charge >= 0.3 is 0 Å². The Labute approximate surface area is 282 Å². The van der Waals surface area contributed by atoms with E-state index in [0.717, 1.165) is 75.6 Å². The molecule has 0 bridgehead atoms. The van der Waals surface area contributed by atoms with Crippen LogP contribution < -0.4 is 21.3 Å². The first-order valence-electron chi connectivity index (χ1n) is 16.8. The van der Waals surface area contributed by atoms with Crippen LogP contribution in [0.4, 0.5) is 17.2 Å². The Bertz CT molecular complexity index is 2170. The highest BCUT2D eigenvalue weighted by molar-refractivity contribution is 5.80. The zero-order chi connectivity index (χ0) is 33.6. The smallest absolute Gasteiger partial charge is 0.282 e. The number of fused-ring (bicyclic) bond motifs is 3. The molecule has 8 rings (SSSR count). The van der Waals surface area contributed by atoms with E-state index in [0.29, 0.717) is 39.6 Å². The second kappa shape index (κ2) is 12.7. The van der Waals surface area contributed by atoms with Crippen molar-refractivity contribution in [1.82, 2.24) is 33.8 Å². The molecule has 0 aliphatic carbocycles. The molecule has 2 N–H and O–H groups in total. The second-order valence-electron chi connectivity index (χ2n) is 13.0. The van der Waals surface area contributed by atoms with Crippen LogP contribution in [0.2, 0.25) is 0 Å². The molecule has 3 aliphatic rings. The molecule has 13 heteroatoms. The van der Waals surface area contributed by atoms with Gasteiger partial charge in [0.1, 0.15) is 11.5 Å². The summed E-state index contributed by atoms with van der Waals surface area (Å²) in [6.07, 6.45) is 11.9. The molecule has 1 atom stereocenters. The summed E-state index contributed by atoms with van der Waals surface area (Å²) in [7, 11) is 1.67. The van der Waals surface area contributed by atoms with Crippen molar-refractivity contribution in [3.05, 3.63) is 99.7 Å². The lowest BCUT2D eigenvalue weighted by atomic mass is 10.0. The largest absolute Gasteiger partial charge is 0.392 e. The monoisotopic (exact) mass is 661 g/mol. The van der Waals surface area contributed by atoms with Crippen LogP contribution in [0.25, 0.3) is 27.8 Å². The SMILES string of the molecule is C=C[C@H]1CN(C2COC2)CCN1c1ccc(Nc2cc(-c3ccnc(-n4ncc5c(cc6n5CCCC6)c4=O)c3CO)cn(C)c2=O)nc1. The fraction of sp³-hybridized carbons (Fsp3) is 0.361. The van der Waals surface area contributed by atoms with Gasteiger partial charge in [-0.15, -0.1) is 6.58 Å². The van der Waals surface area contributed by atoms with Crippen LogP contribution in [0.3, 0.4) is 0 Å². The van der Waals surface area contributed by atoms with Gasteiger partial charge < -0.3 is 29.2 Å². The number of aliphatic hydroxyl groups is 1. The maximum Gasteiger partial charge on any atom is 0.282 e. The summed E-state index contributed by atoms with van der Waals surface area (Å²) in [5.41, 5.74) is 4.44. The molecule has 0 saturated carbocycles. The Hall–Kier alpha value is -5.11. The number of ether oxygens (including phenoxy) is 1. The highest BCUT2D eigenvalue weighted by atomic mass is 16.5. The van der Waals surface area contributed by atoms with Gasteiger partial charge in [0.25, 0.3) is 11.1 Å². The van der Waals surface area contributed by atoms with E-state index in [1.165, 1.54) is 9.25 Å². The minimum absolute atomic E-state index is 0.159. The number of nitrogens with zero attached hydrogens (tertiary/aromatic N) is 8. The van der Waals surface area contributed by atoms with Crippen LogP contribution in [-0.4, -0.2) is 83.8 Å². The zero-order valence-corrected chi connectivity index (χ0v) is 27.5. The molecule has 5 aromatic rings. The minimum atomic E-state index is -0.389. The highest BCUT2D eigenvalue weighted by Gasteiger charge is 2.33. The quantitative estimate of drug-likeness (QED) is 0.239. The second-order valence-corrected chi connectivity index (χ2v) is 13.0. The summed E-state index contributed by atoms with van der Waals surface area (Å²) in [6.45, 7) is 8.83. The molecule has 252 valence electrons. The molecular weight excluding hydrogens is 622 g/mol. The lowest BCUT2D eigenvalue weighted by Gasteiger charge is -2.46. The maximum absolute atomic E-state index is 13.7. The van der Waals surface area contributed by atoms with Gasteiger partial charge in [-0.1, -0.05) is 6.08 Å². The number of pyridine rings is 3. The molecular formula is C36H39N9O4. The Morgan fingerprint density at radius 3 is 2.69 bits per heavy atom. The molecule has 0 aromatic carbocycles. The van der Waals surface area contributed by atoms with E-state index in [4.69, 9.17) is 4.74 Å². The third-order valence-corrected chi connectivity index (χ3v) is 10.1. The number of nitrogens with one attached hydrogen (secondary N) is 1. The minimum Gasteiger partial charge on any atom is -0.392 e. The van der Waals surface area contributed by atoms with E-state index < -0.39 is 0 Å². The maximum atomic E-state index is 13.7. The van der Waals surface area contributed by atoms with Crippen LogP contribution in [0.1, 0.15) is 24.1 Å². The molecule has 0 spiro atoms. The summed E-state index contributed by atoms with van der Waals surface area (Å²) in [5.74, 6) is 0.770. The van der Waals surface area contributed by atoms with Crippen molar-refractivity contribution in [2.75, 3.05) is 43.1 Å². The van der Waals surface area contributed by atoms with Gasteiger partial charge in [0.2, 0.25) is 0 Å². The fourth-order valence-corrected chi connectivity index (χ4v) is 7.33. The van der Waals surface area contributed by atoms with Gasteiger partial charge in [-0.05, 0) is 55.2 Å². The average molecular weight is 662 g/mol. The molecule has 2 fully saturated rings. The summed E-state index contributed by atoms with van der Waals surface area (Å²) in [4.78, 5) is 40.9.